The molecule has 1 aliphatic heterocycles. The summed E-state index contributed by atoms with van der Waals surface area (Å²) in [6, 6.07) is 5.49. The van der Waals surface area contributed by atoms with E-state index in [0.29, 0.717) is 4.90 Å². The van der Waals surface area contributed by atoms with Gasteiger partial charge in [0.15, 0.2) is 5.71 Å². The fourth-order valence-electron chi connectivity index (χ4n) is 2.48. The lowest BCUT2D eigenvalue weighted by molar-refractivity contribution is -0.383. The highest BCUT2D eigenvalue weighted by molar-refractivity contribution is 6.50. The second-order valence-corrected chi connectivity index (χ2v) is 6.72. The lowest BCUT2D eigenvalue weighted by Gasteiger charge is -2.26. The van der Waals surface area contributed by atoms with Crippen LogP contribution < -0.4 is 5.43 Å². The topological polar surface area (TPSA) is 155 Å². The maximum Gasteiger partial charge on any atom is 0.333 e. The number of nitrogens with zero attached hydrogens (tertiary/aromatic N) is 4. The number of anilines is 1. The maximum absolute atomic E-state index is 12.8. The number of imide groups is 1. The Morgan fingerprint density at radius 2 is 2.10 bits per heavy atom. The average Bonchev–Trinajstić information content (AvgIpc) is 2.71. The third-order valence-electron chi connectivity index (χ3n) is 4.09. The van der Waals surface area contributed by atoms with Gasteiger partial charge in [-0.3, -0.25) is 30.0 Å². The van der Waals surface area contributed by atoms with Crippen molar-refractivity contribution in [2.75, 3.05) is 18.6 Å². The highest BCUT2D eigenvalue weighted by Gasteiger charge is 2.37. The summed E-state index contributed by atoms with van der Waals surface area (Å²) in [5.74, 6) is -2.43. The molecule has 0 fully saturated rings. The van der Waals surface area contributed by atoms with Crippen molar-refractivity contribution < 1.29 is 24.0 Å². The van der Waals surface area contributed by atoms with Crippen molar-refractivity contribution in [2.45, 2.75) is 13.8 Å². The molecule has 0 atom stereocenters. The second kappa shape index (κ2) is 9.64. The number of carbonyl (C=O) groups excluding carboxylic acids is 3. The minimum absolute atomic E-state index is 0.00297. The van der Waals surface area contributed by atoms with Crippen LogP contribution in [0.4, 0.5) is 11.4 Å². The fourth-order valence-corrected chi connectivity index (χ4v) is 2.65. The normalized spacial score (nSPS) is 15.0. The summed E-state index contributed by atoms with van der Waals surface area (Å²) in [7, 11) is 0. The molecular weight excluding hydrogens is 430 g/mol. The Morgan fingerprint density at radius 3 is 2.68 bits per heavy atom. The number of benzene rings is 1. The van der Waals surface area contributed by atoms with E-state index in [0.717, 1.165) is 6.07 Å². The molecule has 1 aromatic carbocycles. The van der Waals surface area contributed by atoms with Gasteiger partial charge < -0.3 is 4.74 Å². The number of nitrogens with one attached hydrogen (secondary N) is 1. The van der Waals surface area contributed by atoms with Crippen molar-refractivity contribution >= 4 is 46.5 Å². The number of ether oxygens (including phenoxy) is 1. The Bertz CT molecular complexity index is 1100. The van der Waals surface area contributed by atoms with Gasteiger partial charge in [-0.25, -0.2) is 4.79 Å². The van der Waals surface area contributed by atoms with Crippen molar-refractivity contribution in [1.29, 1.82) is 5.26 Å². The van der Waals surface area contributed by atoms with Crippen LogP contribution in [0.3, 0.4) is 0 Å². The van der Waals surface area contributed by atoms with E-state index < -0.39 is 22.7 Å². The SMILES string of the molecule is C=C(C)C(=O)OCCN1C(=O)C(C#N)=C(C)/C(=N/Nc2ccc(Cl)cc2[N+](=O)[O-])C1=O. The van der Waals surface area contributed by atoms with E-state index in [4.69, 9.17) is 16.3 Å². The Morgan fingerprint density at radius 1 is 1.42 bits per heavy atom. The summed E-state index contributed by atoms with van der Waals surface area (Å²) in [5.41, 5.74) is 1.47. The Balaban J connectivity index is 2.35. The highest BCUT2D eigenvalue weighted by atomic mass is 35.5. The van der Waals surface area contributed by atoms with E-state index in [-0.39, 0.29) is 52.0 Å². The van der Waals surface area contributed by atoms with Crippen LogP contribution in [-0.2, 0) is 19.1 Å². The number of amides is 2. The van der Waals surface area contributed by atoms with Crippen molar-refractivity contribution in [1.82, 2.24) is 4.90 Å². The van der Waals surface area contributed by atoms with E-state index in [1.165, 1.54) is 26.0 Å². The zero-order valence-electron chi connectivity index (χ0n) is 16.5. The summed E-state index contributed by atoms with van der Waals surface area (Å²) in [6.45, 7) is 5.57. The number of carbonyl (C=O) groups is 3. The largest absolute Gasteiger partial charge is 0.460 e. The maximum atomic E-state index is 12.8. The smallest absolute Gasteiger partial charge is 0.333 e. The van der Waals surface area contributed by atoms with Gasteiger partial charge in [0.25, 0.3) is 17.5 Å². The monoisotopic (exact) mass is 445 g/mol. The number of hydrogen-bond acceptors (Lipinski definition) is 9. The summed E-state index contributed by atoms with van der Waals surface area (Å²) in [6.07, 6.45) is 0. The molecule has 0 aromatic heterocycles. The molecule has 160 valence electrons. The van der Waals surface area contributed by atoms with Crippen molar-refractivity contribution in [3.8, 4) is 6.07 Å². The summed E-state index contributed by atoms with van der Waals surface area (Å²) >= 11 is 5.77. The van der Waals surface area contributed by atoms with Gasteiger partial charge in [0.2, 0.25) is 0 Å². The van der Waals surface area contributed by atoms with Gasteiger partial charge in [-0.05, 0) is 26.0 Å². The average molecular weight is 446 g/mol. The quantitative estimate of drug-likeness (QED) is 0.220. The molecule has 1 N–H and O–H groups in total. The van der Waals surface area contributed by atoms with E-state index in [1.54, 1.807) is 6.07 Å². The predicted molar refractivity (Wildman–Crippen MR) is 110 cm³/mol. The lowest BCUT2D eigenvalue weighted by Crippen LogP contribution is -2.48. The third-order valence-corrected chi connectivity index (χ3v) is 4.32. The number of rotatable bonds is 7. The molecule has 1 aliphatic rings. The van der Waals surface area contributed by atoms with Crippen molar-refractivity contribution in [2.24, 2.45) is 5.10 Å². The minimum atomic E-state index is -0.868. The standard InChI is InChI=1S/C19H16ClN5O6/c1-10(2)19(28)31-7-6-24-17(26)13(9-21)11(3)16(18(24)27)23-22-14-5-4-12(20)8-15(14)25(29)30/h4-5,8,22H,1,6-7H2,2-3H3/b23-16-. The van der Waals surface area contributed by atoms with Crippen LogP contribution in [0.1, 0.15) is 13.8 Å². The van der Waals surface area contributed by atoms with Gasteiger partial charge in [0, 0.05) is 22.2 Å². The number of halogens is 1. The molecule has 12 heteroatoms. The molecule has 0 spiro atoms. The molecule has 0 saturated heterocycles. The Hall–Kier alpha value is -4.04. The van der Waals surface area contributed by atoms with Gasteiger partial charge in [0.1, 0.15) is 23.9 Å². The molecule has 2 rings (SSSR count). The molecule has 1 heterocycles. The van der Waals surface area contributed by atoms with Crippen LogP contribution in [0.15, 0.2) is 46.6 Å². The number of nitro benzene ring substituents is 1. The van der Waals surface area contributed by atoms with Crippen LogP contribution in [0.2, 0.25) is 5.02 Å². The molecule has 0 saturated carbocycles. The predicted octanol–water partition coefficient (Wildman–Crippen LogP) is 2.34. The number of nitro groups is 1. The summed E-state index contributed by atoms with van der Waals surface area (Å²) in [4.78, 5) is 48.0. The fraction of sp³-hybridized carbons (Fsp3) is 0.211. The van der Waals surface area contributed by atoms with Crippen LogP contribution >= 0.6 is 11.6 Å². The van der Waals surface area contributed by atoms with Gasteiger partial charge in [-0.15, -0.1) is 0 Å². The first-order valence-corrected chi connectivity index (χ1v) is 9.04. The summed E-state index contributed by atoms with van der Waals surface area (Å²) < 4.78 is 4.89. The first kappa shape index (κ1) is 23.2. The Labute approximate surface area is 181 Å². The van der Waals surface area contributed by atoms with Gasteiger partial charge in [-0.1, -0.05) is 18.2 Å². The Kier molecular flexibility index (Phi) is 7.23. The molecule has 31 heavy (non-hydrogen) atoms. The third kappa shape index (κ3) is 5.12. The molecule has 0 unspecified atom stereocenters. The molecule has 0 aliphatic carbocycles. The van der Waals surface area contributed by atoms with Crippen LogP contribution in [0.5, 0.6) is 0 Å². The molecular formula is C19H16ClN5O6. The van der Waals surface area contributed by atoms with E-state index in [9.17, 15) is 29.8 Å². The first-order valence-electron chi connectivity index (χ1n) is 8.66. The molecule has 0 bridgehead atoms. The number of hydrazone groups is 1. The lowest BCUT2D eigenvalue weighted by atomic mass is 9.99. The van der Waals surface area contributed by atoms with Crippen molar-refractivity contribution in [3.05, 3.63) is 56.6 Å². The van der Waals surface area contributed by atoms with E-state index in [2.05, 4.69) is 17.1 Å². The van der Waals surface area contributed by atoms with Crippen LogP contribution in [0, 0.1) is 21.4 Å². The molecule has 2 amide bonds. The van der Waals surface area contributed by atoms with Gasteiger partial charge in [-0.2, -0.15) is 10.4 Å². The molecule has 0 radical (unpaired) electrons. The molecule has 11 nitrogen and oxygen atoms in total. The first-order chi connectivity index (χ1) is 14.6. The van der Waals surface area contributed by atoms with Crippen molar-refractivity contribution in [3.63, 3.8) is 0 Å². The van der Waals surface area contributed by atoms with Gasteiger partial charge in [0.05, 0.1) is 11.5 Å². The zero-order valence-corrected chi connectivity index (χ0v) is 17.2. The van der Waals surface area contributed by atoms with E-state index >= 15 is 0 Å². The van der Waals surface area contributed by atoms with Crippen LogP contribution in [0.25, 0.3) is 0 Å². The minimum Gasteiger partial charge on any atom is -0.460 e. The van der Waals surface area contributed by atoms with Crippen LogP contribution in [-0.4, -0.2) is 46.5 Å². The van der Waals surface area contributed by atoms with E-state index in [1.807, 2.05) is 0 Å². The highest BCUT2D eigenvalue weighted by Crippen LogP contribution is 2.28. The zero-order chi connectivity index (χ0) is 23.3. The second-order valence-electron chi connectivity index (χ2n) is 6.28. The summed E-state index contributed by atoms with van der Waals surface area (Å²) in [5, 5.41) is 24.6. The number of nitriles is 1. The number of hydrogen-bond donors (Lipinski definition) is 1. The number of esters is 1. The molecule has 1 aromatic rings. The van der Waals surface area contributed by atoms with Gasteiger partial charge >= 0.3 is 5.97 Å².